The Hall–Kier alpha value is -2.35. The first-order chi connectivity index (χ1) is 16.0. The molecule has 1 saturated heterocycles. The molecular weight excluding hydrogens is 476 g/mol. The van der Waals surface area contributed by atoms with Crippen molar-refractivity contribution in [2.75, 3.05) is 4.90 Å². The van der Waals surface area contributed by atoms with Crippen molar-refractivity contribution in [3.8, 4) is 0 Å². The van der Waals surface area contributed by atoms with Crippen LogP contribution in [-0.2, 0) is 9.59 Å². The third-order valence-electron chi connectivity index (χ3n) is 7.97. The number of imide groups is 1. The van der Waals surface area contributed by atoms with Gasteiger partial charge in [-0.25, -0.2) is 0 Å². The van der Waals surface area contributed by atoms with E-state index in [9.17, 15) is 14.4 Å². The lowest BCUT2D eigenvalue weighted by molar-refractivity contribution is -0.123. The molecule has 0 radical (unpaired) electrons. The van der Waals surface area contributed by atoms with Gasteiger partial charge in [0.25, 0.3) is 0 Å². The van der Waals surface area contributed by atoms with E-state index in [1.807, 2.05) is 54.6 Å². The van der Waals surface area contributed by atoms with E-state index < -0.39 is 0 Å². The second-order valence-electron chi connectivity index (χ2n) is 9.36. The summed E-state index contributed by atoms with van der Waals surface area (Å²) in [5.41, 5.74) is 1.78. The van der Waals surface area contributed by atoms with Gasteiger partial charge in [-0.05, 0) is 54.0 Å². The summed E-state index contributed by atoms with van der Waals surface area (Å²) in [4.78, 5) is 44.9. The molecular formula is C25H19ClN2O3S2. The van der Waals surface area contributed by atoms with E-state index in [0.29, 0.717) is 10.7 Å². The Morgan fingerprint density at radius 1 is 0.909 bits per heavy atom. The minimum absolute atomic E-state index is 0.0251. The van der Waals surface area contributed by atoms with Gasteiger partial charge in [-0.2, -0.15) is 0 Å². The zero-order valence-electron chi connectivity index (χ0n) is 17.3. The monoisotopic (exact) mass is 494 g/mol. The molecule has 7 rings (SSSR count). The van der Waals surface area contributed by atoms with Crippen LogP contribution in [0, 0.1) is 29.6 Å². The number of anilines is 1. The standard InChI is InChI=1S/C25H19ClN2O3S2/c26-12-8-6-11(7-9-12)16-17-14-10-15(20(17)32-22-21(16)33-25(31)27-22)19-18(14)23(29)28(24(19)30)13-4-2-1-3-5-13/h1-9,14-20H,10H2,(H,27,31)/t14-,15-,16+,17+,18+,19+,20-/m1/s1. The number of hydrogen-bond acceptors (Lipinski definition) is 5. The van der Waals surface area contributed by atoms with Crippen molar-refractivity contribution in [2.24, 2.45) is 29.6 Å². The summed E-state index contributed by atoms with van der Waals surface area (Å²) in [6.45, 7) is 0. The third kappa shape index (κ3) is 2.70. The van der Waals surface area contributed by atoms with Gasteiger partial charge < -0.3 is 4.98 Å². The van der Waals surface area contributed by atoms with Crippen LogP contribution in [0.25, 0.3) is 0 Å². The van der Waals surface area contributed by atoms with Gasteiger partial charge >= 0.3 is 4.87 Å². The fourth-order valence-corrected chi connectivity index (χ4v) is 9.91. The highest BCUT2D eigenvalue weighted by Gasteiger charge is 2.69. The van der Waals surface area contributed by atoms with E-state index in [1.165, 1.54) is 16.2 Å². The van der Waals surface area contributed by atoms with E-state index in [2.05, 4.69) is 4.98 Å². The van der Waals surface area contributed by atoms with E-state index in [4.69, 9.17) is 11.6 Å². The zero-order valence-corrected chi connectivity index (χ0v) is 19.7. The van der Waals surface area contributed by atoms with Crippen molar-refractivity contribution < 1.29 is 9.59 Å². The number of nitrogens with one attached hydrogen (secondary N) is 1. The number of thiazole rings is 1. The van der Waals surface area contributed by atoms with Crippen molar-refractivity contribution in [3.05, 3.63) is 79.7 Å². The number of halogens is 1. The summed E-state index contributed by atoms with van der Waals surface area (Å²) < 4.78 is 0. The molecule has 3 heterocycles. The molecule has 0 unspecified atom stereocenters. The van der Waals surface area contributed by atoms with Crippen LogP contribution < -0.4 is 9.77 Å². The molecule has 4 aliphatic rings. The first-order valence-electron chi connectivity index (χ1n) is 11.1. The summed E-state index contributed by atoms with van der Waals surface area (Å²) in [5, 5.41) is 1.79. The summed E-state index contributed by atoms with van der Waals surface area (Å²) in [5.74, 6) is -0.192. The number of aromatic nitrogens is 1. The fraction of sp³-hybridized carbons (Fsp3) is 0.320. The van der Waals surface area contributed by atoms with Gasteiger partial charge in [0, 0.05) is 21.1 Å². The van der Waals surface area contributed by atoms with Gasteiger partial charge in [-0.1, -0.05) is 53.3 Å². The van der Waals surface area contributed by atoms with E-state index in [1.54, 1.807) is 11.8 Å². The molecule has 0 spiro atoms. The number of rotatable bonds is 2. The van der Waals surface area contributed by atoms with Crippen molar-refractivity contribution in [2.45, 2.75) is 22.6 Å². The van der Waals surface area contributed by atoms with Crippen LogP contribution in [0.1, 0.15) is 22.8 Å². The Morgan fingerprint density at radius 2 is 1.61 bits per heavy atom. The molecule has 33 heavy (non-hydrogen) atoms. The highest BCUT2D eigenvalue weighted by molar-refractivity contribution is 8.00. The summed E-state index contributed by atoms with van der Waals surface area (Å²) in [6, 6.07) is 17.1. The summed E-state index contributed by atoms with van der Waals surface area (Å²) in [7, 11) is 0. The Kier molecular flexibility index (Phi) is 4.30. The molecule has 2 bridgehead atoms. The molecule has 1 aromatic heterocycles. The number of fused-ring (bicyclic) bond motifs is 9. The molecule has 2 aromatic carbocycles. The Morgan fingerprint density at radius 3 is 2.33 bits per heavy atom. The summed E-state index contributed by atoms with van der Waals surface area (Å²) in [6.07, 6.45) is 0.890. The fourth-order valence-electron chi connectivity index (χ4n) is 6.89. The molecule has 3 aromatic rings. The number of para-hydroxylation sites is 1. The molecule has 3 fully saturated rings. The molecule has 5 nitrogen and oxygen atoms in total. The maximum absolute atomic E-state index is 13.6. The van der Waals surface area contributed by atoms with Gasteiger partial charge in [0.15, 0.2) is 0 Å². The predicted octanol–water partition coefficient (Wildman–Crippen LogP) is 4.77. The van der Waals surface area contributed by atoms with Crippen LogP contribution in [0.3, 0.4) is 0 Å². The minimum Gasteiger partial charge on any atom is -0.307 e. The number of carbonyl (C=O) groups is 2. The number of nitrogens with zero attached hydrogens (tertiary/aromatic N) is 1. The first-order valence-corrected chi connectivity index (χ1v) is 13.2. The number of aromatic amines is 1. The van der Waals surface area contributed by atoms with Crippen molar-refractivity contribution >= 4 is 52.2 Å². The van der Waals surface area contributed by atoms with Crippen LogP contribution in [0.4, 0.5) is 5.69 Å². The Bertz CT molecular complexity index is 1350. The average Bonchev–Trinajstić information content (AvgIpc) is 3.54. The lowest BCUT2D eigenvalue weighted by Crippen LogP contribution is -2.42. The van der Waals surface area contributed by atoms with Gasteiger partial charge in [0.2, 0.25) is 11.8 Å². The van der Waals surface area contributed by atoms with Gasteiger partial charge in [0.05, 0.1) is 22.5 Å². The maximum Gasteiger partial charge on any atom is 0.305 e. The summed E-state index contributed by atoms with van der Waals surface area (Å²) >= 11 is 9.15. The minimum atomic E-state index is -0.281. The van der Waals surface area contributed by atoms with Crippen LogP contribution in [0.2, 0.25) is 5.02 Å². The van der Waals surface area contributed by atoms with Crippen LogP contribution in [-0.4, -0.2) is 22.0 Å². The highest BCUT2D eigenvalue weighted by Crippen LogP contribution is 2.68. The Balaban J connectivity index is 1.34. The number of amides is 2. The predicted molar refractivity (Wildman–Crippen MR) is 129 cm³/mol. The molecule has 8 heteroatoms. The smallest absolute Gasteiger partial charge is 0.305 e. The average molecular weight is 495 g/mol. The second kappa shape index (κ2) is 7.08. The largest absolute Gasteiger partial charge is 0.307 e. The SMILES string of the molecule is O=C1[C@H]2[C@H]3C[C@@H]([C@@H]2C(=O)N1c1ccccc1)[C@H]1[C@H](c2ccc(Cl)cc2)c2sc(=O)[nH]c2S[C@H]31. The van der Waals surface area contributed by atoms with Gasteiger partial charge in [-0.15, -0.1) is 11.8 Å². The molecule has 2 saturated carbocycles. The first kappa shape index (κ1) is 20.1. The van der Waals surface area contributed by atoms with Crippen molar-refractivity contribution in [1.29, 1.82) is 0 Å². The number of H-pyrrole nitrogens is 1. The molecule has 1 N–H and O–H groups in total. The zero-order chi connectivity index (χ0) is 22.4. The number of carbonyl (C=O) groups excluding carboxylic acids is 2. The van der Waals surface area contributed by atoms with Crippen LogP contribution >= 0.6 is 34.7 Å². The maximum atomic E-state index is 13.6. The van der Waals surface area contributed by atoms with Crippen LogP contribution in [0.5, 0.6) is 0 Å². The van der Waals surface area contributed by atoms with Crippen molar-refractivity contribution in [1.82, 2.24) is 4.98 Å². The van der Waals surface area contributed by atoms with Crippen LogP contribution in [0.15, 0.2) is 64.4 Å². The number of hydrogen-bond donors (Lipinski definition) is 1. The lowest BCUT2D eigenvalue weighted by atomic mass is 9.68. The number of benzene rings is 2. The molecule has 2 aliphatic carbocycles. The third-order valence-corrected chi connectivity index (χ3v) is 10.8. The van der Waals surface area contributed by atoms with Gasteiger partial charge in [0.1, 0.15) is 0 Å². The quantitative estimate of drug-likeness (QED) is 0.521. The highest BCUT2D eigenvalue weighted by atomic mass is 35.5. The molecule has 7 atom stereocenters. The lowest BCUT2D eigenvalue weighted by Gasteiger charge is -2.43. The topological polar surface area (TPSA) is 70.2 Å². The van der Waals surface area contributed by atoms with E-state index in [0.717, 1.165) is 21.9 Å². The van der Waals surface area contributed by atoms with Crippen molar-refractivity contribution in [3.63, 3.8) is 0 Å². The molecule has 2 amide bonds. The Labute approximate surface area is 203 Å². The molecule has 2 aliphatic heterocycles. The van der Waals surface area contributed by atoms with E-state index in [-0.39, 0.29) is 57.4 Å². The molecule has 166 valence electrons. The number of thioether (sulfide) groups is 1. The van der Waals surface area contributed by atoms with E-state index >= 15 is 0 Å². The normalized spacial score (nSPS) is 33.8. The second-order valence-corrected chi connectivity index (χ2v) is 12.0. The van der Waals surface area contributed by atoms with Gasteiger partial charge in [-0.3, -0.25) is 19.3 Å².